The van der Waals surface area contributed by atoms with Crippen LogP contribution < -0.4 is 5.73 Å². The molecule has 0 fully saturated rings. The van der Waals surface area contributed by atoms with Crippen molar-refractivity contribution < 1.29 is 5.11 Å². The Morgan fingerprint density at radius 2 is 2.00 bits per heavy atom. The maximum Gasteiger partial charge on any atom is 0.0431 e. The van der Waals surface area contributed by atoms with Gasteiger partial charge in [-0.1, -0.05) is 23.8 Å². The van der Waals surface area contributed by atoms with Gasteiger partial charge in [0, 0.05) is 12.1 Å². The number of nitrogens with two attached hydrogens (primary N) is 1. The third-order valence-corrected chi connectivity index (χ3v) is 2.85. The highest BCUT2D eigenvalue weighted by Gasteiger charge is 2.22. The molecule has 0 aromatic heterocycles. The molecule has 3 N–H and O–H groups in total. The van der Waals surface area contributed by atoms with Crippen molar-refractivity contribution in [3.63, 3.8) is 0 Å². The van der Waals surface area contributed by atoms with Crippen LogP contribution in [0.25, 0.3) is 0 Å². The van der Waals surface area contributed by atoms with Crippen LogP contribution in [0, 0.1) is 13.8 Å². The number of hydrogen-bond acceptors (Lipinski definition) is 2. The van der Waals surface area contributed by atoms with Gasteiger partial charge in [-0.3, -0.25) is 0 Å². The number of rotatable bonds is 4. The van der Waals surface area contributed by atoms with E-state index in [-0.39, 0.29) is 12.1 Å². The molecule has 1 unspecified atom stereocenters. The molecule has 0 spiro atoms. The van der Waals surface area contributed by atoms with Crippen LogP contribution in [0.4, 0.5) is 0 Å². The van der Waals surface area contributed by atoms with Gasteiger partial charge in [-0.25, -0.2) is 0 Å². The van der Waals surface area contributed by atoms with Gasteiger partial charge in [0.05, 0.1) is 0 Å². The van der Waals surface area contributed by atoms with E-state index in [4.69, 9.17) is 10.8 Å². The molecule has 0 saturated heterocycles. The first-order chi connectivity index (χ1) is 6.97. The van der Waals surface area contributed by atoms with E-state index < -0.39 is 0 Å². The molecule has 84 valence electrons. The number of aliphatic hydroxyl groups excluding tert-OH is 1. The molecule has 2 heteroatoms. The molecule has 2 nitrogen and oxygen atoms in total. The first-order valence-corrected chi connectivity index (χ1v) is 5.45. The predicted octanol–water partition coefficient (Wildman–Crippen LogP) is 2.25. The van der Waals surface area contributed by atoms with E-state index in [1.807, 2.05) is 6.92 Å². The minimum atomic E-state index is -0.333. The van der Waals surface area contributed by atoms with Crippen molar-refractivity contribution in [2.45, 2.75) is 39.2 Å². The van der Waals surface area contributed by atoms with Crippen molar-refractivity contribution in [2.24, 2.45) is 5.73 Å². The second kappa shape index (κ2) is 4.77. The fourth-order valence-corrected chi connectivity index (χ4v) is 2.04. The molecule has 0 amide bonds. The lowest BCUT2D eigenvalue weighted by atomic mass is 9.85. The number of hydrogen-bond donors (Lipinski definition) is 2. The molecule has 1 aromatic carbocycles. The van der Waals surface area contributed by atoms with Gasteiger partial charge in [0.2, 0.25) is 0 Å². The first kappa shape index (κ1) is 12.2. The molecule has 0 aliphatic heterocycles. The number of benzene rings is 1. The Hall–Kier alpha value is -0.860. The quantitative estimate of drug-likeness (QED) is 0.795. The van der Waals surface area contributed by atoms with Crippen LogP contribution in [0.3, 0.4) is 0 Å². The topological polar surface area (TPSA) is 46.2 Å². The molecule has 1 aromatic rings. The molecular formula is C13H21NO. The highest BCUT2D eigenvalue weighted by molar-refractivity contribution is 5.35. The molecule has 0 radical (unpaired) electrons. The molecule has 0 heterocycles. The molecule has 15 heavy (non-hydrogen) atoms. The predicted molar refractivity (Wildman–Crippen MR) is 63.8 cm³/mol. The van der Waals surface area contributed by atoms with E-state index in [1.165, 1.54) is 16.7 Å². The third kappa shape index (κ3) is 3.05. The molecule has 0 aliphatic rings. The minimum Gasteiger partial charge on any atom is -0.396 e. The normalized spacial score (nSPS) is 15.0. The molecule has 1 rings (SSSR count). The zero-order chi connectivity index (χ0) is 11.5. The Bertz CT molecular complexity index is 331. The van der Waals surface area contributed by atoms with Crippen LogP contribution >= 0.6 is 0 Å². The fraction of sp³-hybridized carbons (Fsp3) is 0.538. The smallest absolute Gasteiger partial charge is 0.0431 e. The summed E-state index contributed by atoms with van der Waals surface area (Å²) >= 11 is 0. The maximum absolute atomic E-state index is 8.83. The maximum atomic E-state index is 8.83. The SMILES string of the molecule is Cc1ccc(C(C)(N)CCCO)c(C)c1. The van der Waals surface area contributed by atoms with Crippen molar-refractivity contribution in [3.8, 4) is 0 Å². The van der Waals surface area contributed by atoms with Crippen LogP contribution in [0.2, 0.25) is 0 Å². The lowest BCUT2D eigenvalue weighted by Gasteiger charge is -2.27. The Balaban J connectivity index is 2.93. The average molecular weight is 207 g/mol. The van der Waals surface area contributed by atoms with Crippen LogP contribution in [0.15, 0.2) is 18.2 Å². The van der Waals surface area contributed by atoms with Gasteiger partial charge in [-0.15, -0.1) is 0 Å². The standard InChI is InChI=1S/C13H21NO/c1-10-5-6-12(11(2)9-10)13(3,14)7-4-8-15/h5-6,9,15H,4,7-8,14H2,1-3H3. The Morgan fingerprint density at radius 3 is 2.53 bits per heavy atom. The van der Waals surface area contributed by atoms with Gasteiger partial charge in [0.15, 0.2) is 0 Å². The van der Waals surface area contributed by atoms with Crippen molar-refractivity contribution in [1.29, 1.82) is 0 Å². The van der Waals surface area contributed by atoms with Crippen molar-refractivity contribution in [1.82, 2.24) is 0 Å². The summed E-state index contributed by atoms with van der Waals surface area (Å²) in [5.74, 6) is 0. The van der Waals surface area contributed by atoms with Gasteiger partial charge in [0.25, 0.3) is 0 Å². The monoisotopic (exact) mass is 207 g/mol. The molecule has 0 bridgehead atoms. The highest BCUT2D eigenvalue weighted by Crippen LogP contribution is 2.26. The van der Waals surface area contributed by atoms with Crippen LogP contribution in [0.1, 0.15) is 36.5 Å². The van der Waals surface area contributed by atoms with E-state index >= 15 is 0 Å². The van der Waals surface area contributed by atoms with Gasteiger partial charge in [0.1, 0.15) is 0 Å². The number of aryl methyl sites for hydroxylation is 2. The third-order valence-electron chi connectivity index (χ3n) is 2.85. The average Bonchev–Trinajstić information content (AvgIpc) is 2.14. The largest absolute Gasteiger partial charge is 0.396 e. The zero-order valence-corrected chi connectivity index (χ0v) is 9.88. The van der Waals surface area contributed by atoms with Crippen LogP contribution in [-0.4, -0.2) is 11.7 Å². The number of aliphatic hydroxyl groups is 1. The molecule has 1 atom stereocenters. The van der Waals surface area contributed by atoms with Gasteiger partial charge in [-0.2, -0.15) is 0 Å². The summed E-state index contributed by atoms with van der Waals surface area (Å²) in [6, 6.07) is 6.34. The molecular weight excluding hydrogens is 186 g/mol. The summed E-state index contributed by atoms with van der Waals surface area (Å²) in [7, 11) is 0. The molecule has 0 saturated carbocycles. The summed E-state index contributed by atoms with van der Waals surface area (Å²) in [4.78, 5) is 0. The summed E-state index contributed by atoms with van der Waals surface area (Å²) in [5, 5.41) is 8.83. The van der Waals surface area contributed by atoms with Gasteiger partial charge in [-0.05, 0) is 44.7 Å². The zero-order valence-electron chi connectivity index (χ0n) is 9.88. The lowest BCUT2D eigenvalue weighted by Crippen LogP contribution is -2.34. The van der Waals surface area contributed by atoms with Gasteiger partial charge >= 0.3 is 0 Å². The Labute approximate surface area is 92.1 Å². The van der Waals surface area contributed by atoms with E-state index in [0.717, 1.165) is 12.8 Å². The van der Waals surface area contributed by atoms with Crippen molar-refractivity contribution >= 4 is 0 Å². The fourth-order valence-electron chi connectivity index (χ4n) is 2.04. The summed E-state index contributed by atoms with van der Waals surface area (Å²) < 4.78 is 0. The van der Waals surface area contributed by atoms with E-state index in [0.29, 0.717) is 0 Å². The van der Waals surface area contributed by atoms with Crippen LogP contribution in [0.5, 0.6) is 0 Å². The summed E-state index contributed by atoms with van der Waals surface area (Å²) in [5.41, 5.74) is 9.61. The second-order valence-electron chi connectivity index (χ2n) is 4.56. The molecule has 0 aliphatic carbocycles. The van der Waals surface area contributed by atoms with Crippen molar-refractivity contribution in [2.75, 3.05) is 6.61 Å². The van der Waals surface area contributed by atoms with Gasteiger partial charge < -0.3 is 10.8 Å². The van der Waals surface area contributed by atoms with E-state index in [1.54, 1.807) is 0 Å². The summed E-state index contributed by atoms with van der Waals surface area (Å²) in [6.07, 6.45) is 1.56. The van der Waals surface area contributed by atoms with Crippen LogP contribution in [-0.2, 0) is 5.54 Å². The second-order valence-corrected chi connectivity index (χ2v) is 4.56. The Kier molecular flexibility index (Phi) is 3.89. The lowest BCUT2D eigenvalue weighted by molar-refractivity contribution is 0.265. The minimum absolute atomic E-state index is 0.206. The van der Waals surface area contributed by atoms with Crippen molar-refractivity contribution in [3.05, 3.63) is 34.9 Å². The first-order valence-electron chi connectivity index (χ1n) is 5.45. The summed E-state index contributed by atoms with van der Waals surface area (Å²) in [6.45, 7) is 6.41. The Morgan fingerprint density at radius 1 is 1.33 bits per heavy atom. The van der Waals surface area contributed by atoms with E-state index in [9.17, 15) is 0 Å². The van der Waals surface area contributed by atoms with E-state index in [2.05, 4.69) is 32.0 Å². The highest BCUT2D eigenvalue weighted by atomic mass is 16.2.